The highest BCUT2D eigenvalue weighted by Crippen LogP contribution is 2.19. The molecule has 122 valence electrons. The Kier molecular flexibility index (Phi) is 8.96. The maximum absolute atomic E-state index is 12.0. The highest BCUT2D eigenvalue weighted by Gasteiger charge is 2.14. The summed E-state index contributed by atoms with van der Waals surface area (Å²) in [4.78, 5) is 23.0. The zero-order valence-corrected chi connectivity index (χ0v) is 13.6. The van der Waals surface area contributed by atoms with Crippen molar-refractivity contribution in [2.45, 2.75) is 58.8 Å². The number of rotatable bonds is 10. The van der Waals surface area contributed by atoms with Crippen LogP contribution in [-0.2, 0) is 9.53 Å². The Morgan fingerprint density at radius 3 is 2.27 bits per heavy atom. The maximum atomic E-state index is 12.0. The molecule has 1 rings (SSSR count). The van der Waals surface area contributed by atoms with E-state index in [2.05, 4.69) is 6.92 Å². The Balaban J connectivity index is 2.29. The fraction of sp³-hybridized carbons (Fsp3) is 0.556. The molecule has 0 radical (unpaired) electrons. The molecule has 0 aliphatic rings. The summed E-state index contributed by atoms with van der Waals surface area (Å²) in [6.45, 7) is 3.91. The average Bonchev–Trinajstić information content (AvgIpc) is 2.49. The quantitative estimate of drug-likeness (QED) is 0.362. The van der Waals surface area contributed by atoms with Crippen LogP contribution in [0.15, 0.2) is 24.3 Å². The van der Waals surface area contributed by atoms with Gasteiger partial charge in [0.2, 0.25) is 0 Å². The van der Waals surface area contributed by atoms with Crippen molar-refractivity contribution in [3.63, 3.8) is 0 Å². The lowest BCUT2D eigenvalue weighted by Crippen LogP contribution is -2.11. The maximum Gasteiger partial charge on any atom is 0.341 e. The van der Waals surface area contributed by atoms with E-state index < -0.39 is 11.9 Å². The van der Waals surface area contributed by atoms with Gasteiger partial charge in [-0.2, -0.15) is 0 Å². The van der Waals surface area contributed by atoms with Crippen LogP contribution in [0.5, 0.6) is 5.75 Å². The Hall–Kier alpha value is -1.84. The molecule has 4 heteroatoms. The van der Waals surface area contributed by atoms with E-state index in [0.29, 0.717) is 12.2 Å². The standard InChI is InChI=1S/C18H26O4/c1-3-4-5-6-7-8-11-14-21-18(20)16-12-9-10-13-17(16)22-15(2)19/h9-10,12-13H,3-8,11,14H2,1-2H3. The van der Waals surface area contributed by atoms with Crippen LogP contribution < -0.4 is 4.74 Å². The number of esters is 2. The molecule has 0 saturated heterocycles. The van der Waals surface area contributed by atoms with E-state index in [0.717, 1.165) is 12.8 Å². The van der Waals surface area contributed by atoms with Gasteiger partial charge < -0.3 is 9.47 Å². The molecular formula is C18H26O4. The van der Waals surface area contributed by atoms with Gasteiger partial charge >= 0.3 is 11.9 Å². The smallest absolute Gasteiger partial charge is 0.341 e. The van der Waals surface area contributed by atoms with Crippen LogP contribution in [0.2, 0.25) is 0 Å². The number of hydrogen-bond donors (Lipinski definition) is 0. The number of ether oxygens (including phenoxy) is 2. The molecule has 4 nitrogen and oxygen atoms in total. The lowest BCUT2D eigenvalue weighted by atomic mass is 10.1. The molecule has 0 aliphatic heterocycles. The molecule has 0 atom stereocenters. The number of benzene rings is 1. The van der Waals surface area contributed by atoms with E-state index in [1.165, 1.54) is 39.0 Å². The second-order valence-corrected chi connectivity index (χ2v) is 5.35. The largest absolute Gasteiger partial charge is 0.462 e. The lowest BCUT2D eigenvalue weighted by molar-refractivity contribution is -0.131. The highest BCUT2D eigenvalue weighted by molar-refractivity contribution is 5.93. The molecule has 0 saturated carbocycles. The van der Waals surface area contributed by atoms with Crippen molar-refractivity contribution in [2.24, 2.45) is 0 Å². The predicted molar refractivity (Wildman–Crippen MR) is 86.0 cm³/mol. The van der Waals surface area contributed by atoms with Gasteiger partial charge in [-0.15, -0.1) is 0 Å². The minimum Gasteiger partial charge on any atom is -0.462 e. The van der Waals surface area contributed by atoms with E-state index in [4.69, 9.17) is 9.47 Å². The summed E-state index contributed by atoms with van der Waals surface area (Å²) < 4.78 is 10.3. The topological polar surface area (TPSA) is 52.6 Å². The van der Waals surface area contributed by atoms with Gasteiger partial charge in [0.15, 0.2) is 0 Å². The van der Waals surface area contributed by atoms with Gasteiger partial charge in [0, 0.05) is 6.92 Å². The fourth-order valence-electron chi connectivity index (χ4n) is 2.18. The van der Waals surface area contributed by atoms with Gasteiger partial charge in [-0.1, -0.05) is 57.6 Å². The number of para-hydroxylation sites is 1. The van der Waals surface area contributed by atoms with Gasteiger partial charge in [0.25, 0.3) is 0 Å². The SMILES string of the molecule is CCCCCCCCCOC(=O)c1ccccc1OC(C)=O. The molecule has 1 aromatic carbocycles. The van der Waals surface area contributed by atoms with Crippen molar-refractivity contribution in [3.05, 3.63) is 29.8 Å². The van der Waals surface area contributed by atoms with Crippen molar-refractivity contribution in [3.8, 4) is 5.75 Å². The van der Waals surface area contributed by atoms with Crippen molar-refractivity contribution in [1.29, 1.82) is 0 Å². The normalized spacial score (nSPS) is 10.3. The summed E-state index contributed by atoms with van der Waals surface area (Å²) in [5, 5.41) is 0. The van der Waals surface area contributed by atoms with Crippen LogP contribution in [0.1, 0.15) is 69.2 Å². The van der Waals surface area contributed by atoms with E-state index in [1.807, 2.05) is 0 Å². The number of hydrogen-bond acceptors (Lipinski definition) is 4. The molecule has 0 unspecified atom stereocenters. The molecule has 0 fully saturated rings. The first-order valence-electron chi connectivity index (χ1n) is 8.09. The summed E-state index contributed by atoms with van der Waals surface area (Å²) in [5.41, 5.74) is 0.292. The van der Waals surface area contributed by atoms with E-state index in [-0.39, 0.29) is 5.75 Å². The van der Waals surface area contributed by atoms with Crippen LogP contribution in [-0.4, -0.2) is 18.5 Å². The molecule has 1 aromatic rings. The molecule has 0 bridgehead atoms. The Morgan fingerprint density at radius 2 is 1.59 bits per heavy atom. The molecule has 0 heterocycles. The molecule has 0 aromatic heterocycles. The second-order valence-electron chi connectivity index (χ2n) is 5.35. The molecule has 0 aliphatic carbocycles. The molecule has 0 N–H and O–H groups in total. The Labute approximate surface area is 132 Å². The Morgan fingerprint density at radius 1 is 0.955 bits per heavy atom. The minimum absolute atomic E-state index is 0.250. The monoisotopic (exact) mass is 306 g/mol. The van der Waals surface area contributed by atoms with Gasteiger partial charge in [0.1, 0.15) is 11.3 Å². The third kappa shape index (κ3) is 7.25. The summed E-state index contributed by atoms with van der Waals surface area (Å²) in [6, 6.07) is 6.62. The van der Waals surface area contributed by atoms with Crippen molar-refractivity contribution in [2.75, 3.05) is 6.61 Å². The van der Waals surface area contributed by atoms with Crippen LogP contribution >= 0.6 is 0 Å². The highest BCUT2D eigenvalue weighted by atomic mass is 16.5. The minimum atomic E-state index is -0.452. The van der Waals surface area contributed by atoms with Gasteiger partial charge in [0.05, 0.1) is 6.61 Å². The van der Waals surface area contributed by atoms with Crippen LogP contribution in [0, 0.1) is 0 Å². The van der Waals surface area contributed by atoms with Crippen LogP contribution in [0.25, 0.3) is 0 Å². The van der Waals surface area contributed by atoms with Crippen molar-refractivity contribution in [1.82, 2.24) is 0 Å². The summed E-state index contributed by atoms with van der Waals surface area (Å²) >= 11 is 0. The van der Waals surface area contributed by atoms with Crippen LogP contribution in [0.4, 0.5) is 0 Å². The summed E-state index contributed by atoms with van der Waals surface area (Å²) in [5.74, 6) is -0.644. The zero-order chi connectivity index (χ0) is 16.2. The van der Waals surface area contributed by atoms with Gasteiger partial charge in [-0.25, -0.2) is 4.79 Å². The van der Waals surface area contributed by atoms with E-state index in [9.17, 15) is 9.59 Å². The molecule has 22 heavy (non-hydrogen) atoms. The van der Waals surface area contributed by atoms with Gasteiger partial charge in [-0.3, -0.25) is 4.79 Å². The second kappa shape index (κ2) is 10.8. The molecule has 0 amide bonds. The first-order valence-corrected chi connectivity index (χ1v) is 8.09. The van der Waals surface area contributed by atoms with Crippen molar-refractivity contribution >= 4 is 11.9 Å². The number of unbranched alkanes of at least 4 members (excludes halogenated alkanes) is 6. The molecular weight excluding hydrogens is 280 g/mol. The third-order valence-corrected chi connectivity index (χ3v) is 3.34. The molecule has 0 spiro atoms. The summed E-state index contributed by atoms with van der Waals surface area (Å²) in [7, 11) is 0. The first-order chi connectivity index (χ1) is 10.6. The van der Waals surface area contributed by atoms with Crippen molar-refractivity contribution < 1.29 is 19.1 Å². The van der Waals surface area contributed by atoms with E-state index in [1.54, 1.807) is 24.3 Å². The third-order valence-electron chi connectivity index (χ3n) is 3.34. The predicted octanol–water partition coefficient (Wildman–Crippen LogP) is 4.52. The van der Waals surface area contributed by atoms with Gasteiger partial charge in [-0.05, 0) is 18.6 Å². The first kappa shape index (κ1) is 18.2. The number of carbonyl (C=O) groups is 2. The lowest BCUT2D eigenvalue weighted by Gasteiger charge is -2.09. The average molecular weight is 306 g/mol. The summed E-state index contributed by atoms with van der Waals surface area (Å²) in [6.07, 6.45) is 8.20. The zero-order valence-electron chi connectivity index (χ0n) is 13.6. The van der Waals surface area contributed by atoms with E-state index >= 15 is 0 Å². The fourth-order valence-corrected chi connectivity index (χ4v) is 2.18. The number of carbonyl (C=O) groups excluding carboxylic acids is 2. The van der Waals surface area contributed by atoms with Crippen LogP contribution in [0.3, 0.4) is 0 Å². The Bertz CT molecular complexity index is 468.